The quantitative estimate of drug-likeness (QED) is 0.845. The number of likely N-dealkylation sites (tertiary alicyclic amines) is 1. The van der Waals surface area contributed by atoms with Crippen molar-refractivity contribution in [1.29, 1.82) is 0 Å². The molecule has 2 heterocycles. The highest BCUT2D eigenvalue weighted by atomic mass is 16.5. The van der Waals surface area contributed by atoms with Gasteiger partial charge in [-0.3, -0.25) is 9.78 Å². The van der Waals surface area contributed by atoms with E-state index in [9.17, 15) is 4.79 Å². The van der Waals surface area contributed by atoms with Gasteiger partial charge < -0.3 is 20.1 Å². The third kappa shape index (κ3) is 4.39. The third-order valence-corrected chi connectivity index (χ3v) is 4.75. The summed E-state index contributed by atoms with van der Waals surface area (Å²) < 4.78 is 11.2. The van der Waals surface area contributed by atoms with Crippen LogP contribution in [0.2, 0.25) is 0 Å². The number of nitrogen functional groups attached to an aromatic ring is 1. The minimum Gasteiger partial charge on any atom is -0.492 e. The van der Waals surface area contributed by atoms with E-state index in [1.165, 1.54) is 0 Å². The summed E-state index contributed by atoms with van der Waals surface area (Å²) in [6, 6.07) is 9.15. The van der Waals surface area contributed by atoms with Crippen LogP contribution in [-0.4, -0.2) is 48.7 Å². The van der Waals surface area contributed by atoms with Crippen molar-refractivity contribution in [2.45, 2.75) is 32.3 Å². The maximum atomic E-state index is 13.0. The first-order valence-corrected chi connectivity index (χ1v) is 9.43. The van der Waals surface area contributed by atoms with E-state index in [2.05, 4.69) is 11.9 Å². The predicted molar refractivity (Wildman–Crippen MR) is 106 cm³/mol. The normalized spacial score (nSPS) is 17.0. The molecule has 6 nitrogen and oxygen atoms in total. The Labute approximate surface area is 160 Å². The first-order valence-electron chi connectivity index (χ1n) is 9.43. The molecule has 2 N–H and O–H groups in total. The Morgan fingerprint density at radius 3 is 3.00 bits per heavy atom. The molecule has 0 spiro atoms. The Bertz CT molecular complexity index is 794. The van der Waals surface area contributed by atoms with Gasteiger partial charge in [-0.2, -0.15) is 0 Å². The van der Waals surface area contributed by atoms with Crippen LogP contribution in [0.1, 0.15) is 36.5 Å². The average Bonchev–Trinajstić information content (AvgIpc) is 2.71. The summed E-state index contributed by atoms with van der Waals surface area (Å²) in [7, 11) is 1.57. The molecular weight excluding hydrogens is 342 g/mol. The molecule has 0 unspecified atom stereocenters. The SMILES string of the molecule is CCCO[C@H]1CCCN(C(=O)c2cccc(-c3nccc(N)c3OC)c2)C1. The molecule has 1 aliphatic rings. The first-order chi connectivity index (χ1) is 13.1. The van der Waals surface area contributed by atoms with Gasteiger partial charge in [0.25, 0.3) is 5.91 Å². The van der Waals surface area contributed by atoms with Gasteiger partial charge in [0, 0.05) is 37.0 Å². The van der Waals surface area contributed by atoms with Gasteiger partial charge in [0.1, 0.15) is 5.69 Å². The van der Waals surface area contributed by atoms with Crippen LogP contribution in [0.3, 0.4) is 0 Å². The van der Waals surface area contributed by atoms with E-state index >= 15 is 0 Å². The third-order valence-electron chi connectivity index (χ3n) is 4.75. The number of nitrogens with two attached hydrogens (primary N) is 1. The summed E-state index contributed by atoms with van der Waals surface area (Å²) >= 11 is 0. The Hall–Kier alpha value is -2.60. The van der Waals surface area contributed by atoms with E-state index < -0.39 is 0 Å². The summed E-state index contributed by atoms with van der Waals surface area (Å²) in [6.07, 6.45) is 4.73. The molecule has 1 aromatic carbocycles. The van der Waals surface area contributed by atoms with E-state index in [-0.39, 0.29) is 12.0 Å². The van der Waals surface area contributed by atoms with Gasteiger partial charge in [0.2, 0.25) is 0 Å². The van der Waals surface area contributed by atoms with Crippen LogP contribution in [0, 0.1) is 0 Å². The number of ether oxygens (including phenoxy) is 2. The fourth-order valence-corrected chi connectivity index (χ4v) is 3.41. The summed E-state index contributed by atoms with van der Waals surface area (Å²) in [5, 5.41) is 0. The zero-order valence-corrected chi connectivity index (χ0v) is 16.0. The van der Waals surface area contributed by atoms with Crippen molar-refractivity contribution in [3.8, 4) is 17.0 Å². The number of amides is 1. The molecule has 1 saturated heterocycles. The average molecular weight is 369 g/mol. The molecule has 0 aliphatic carbocycles. The van der Waals surface area contributed by atoms with Crippen LogP contribution in [0.4, 0.5) is 5.69 Å². The molecule has 2 aromatic rings. The Balaban J connectivity index is 1.81. The second-order valence-corrected chi connectivity index (χ2v) is 6.75. The van der Waals surface area contributed by atoms with Crippen molar-refractivity contribution in [2.75, 3.05) is 32.5 Å². The number of nitrogens with zero attached hydrogens (tertiary/aromatic N) is 2. The van der Waals surface area contributed by atoms with Crippen molar-refractivity contribution in [3.05, 3.63) is 42.1 Å². The van der Waals surface area contributed by atoms with E-state index in [4.69, 9.17) is 15.2 Å². The van der Waals surface area contributed by atoms with Crippen LogP contribution >= 0.6 is 0 Å². The molecule has 0 saturated carbocycles. The number of benzene rings is 1. The van der Waals surface area contributed by atoms with Crippen LogP contribution in [0.5, 0.6) is 5.75 Å². The Morgan fingerprint density at radius 2 is 2.22 bits per heavy atom. The molecule has 3 rings (SSSR count). The summed E-state index contributed by atoms with van der Waals surface area (Å²) in [5.41, 5.74) is 8.58. The number of anilines is 1. The number of methoxy groups -OCH3 is 1. The summed E-state index contributed by atoms with van der Waals surface area (Å²) in [5.74, 6) is 0.539. The minimum absolute atomic E-state index is 0.0181. The van der Waals surface area contributed by atoms with E-state index in [0.717, 1.165) is 38.0 Å². The van der Waals surface area contributed by atoms with Crippen LogP contribution in [0.15, 0.2) is 36.5 Å². The topological polar surface area (TPSA) is 77.7 Å². The number of aromatic nitrogens is 1. The van der Waals surface area contributed by atoms with Crippen LogP contribution in [0.25, 0.3) is 11.3 Å². The van der Waals surface area contributed by atoms with Crippen LogP contribution < -0.4 is 10.5 Å². The highest BCUT2D eigenvalue weighted by Gasteiger charge is 2.25. The number of hydrogen-bond acceptors (Lipinski definition) is 5. The molecule has 144 valence electrons. The van der Waals surface area contributed by atoms with Gasteiger partial charge in [0.15, 0.2) is 5.75 Å². The van der Waals surface area contributed by atoms with E-state index in [1.807, 2.05) is 29.2 Å². The fourth-order valence-electron chi connectivity index (χ4n) is 3.41. The van der Waals surface area contributed by atoms with Gasteiger partial charge in [-0.05, 0) is 37.5 Å². The number of carbonyl (C=O) groups excluding carboxylic acids is 1. The minimum atomic E-state index is 0.0181. The monoisotopic (exact) mass is 369 g/mol. The lowest BCUT2D eigenvalue weighted by Crippen LogP contribution is -2.43. The molecule has 27 heavy (non-hydrogen) atoms. The molecule has 1 fully saturated rings. The van der Waals surface area contributed by atoms with Gasteiger partial charge in [-0.25, -0.2) is 0 Å². The number of pyridine rings is 1. The largest absolute Gasteiger partial charge is 0.492 e. The van der Waals surface area contributed by atoms with Crippen LogP contribution in [-0.2, 0) is 4.74 Å². The van der Waals surface area contributed by atoms with E-state index in [1.54, 1.807) is 19.4 Å². The molecular formula is C21H27N3O3. The lowest BCUT2D eigenvalue weighted by molar-refractivity contribution is 0.00211. The van der Waals surface area contributed by atoms with Crippen molar-refractivity contribution < 1.29 is 14.3 Å². The number of carbonyl (C=O) groups is 1. The number of rotatable bonds is 6. The zero-order chi connectivity index (χ0) is 19.2. The highest BCUT2D eigenvalue weighted by molar-refractivity contribution is 5.95. The summed E-state index contributed by atoms with van der Waals surface area (Å²) in [4.78, 5) is 19.3. The molecule has 1 aromatic heterocycles. The highest BCUT2D eigenvalue weighted by Crippen LogP contribution is 2.33. The smallest absolute Gasteiger partial charge is 0.253 e. The van der Waals surface area contributed by atoms with Gasteiger partial charge in [-0.1, -0.05) is 19.1 Å². The molecule has 6 heteroatoms. The fraction of sp³-hybridized carbons (Fsp3) is 0.429. The molecule has 0 bridgehead atoms. The van der Waals surface area contributed by atoms with Crippen molar-refractivity contribution in [3.63, 3.8) is 0 Å². The van der Waals surface area contributed by atoms with Crippen molar-refractivity contribution in [2.24, 2.45) is 0 Å². The molecule has 0 radical (unpaired) electrons. The molecule has 1 aliphatic heterocycles. The van der Waals surface area contributed by atoms with Crippen molar-refractivity contribution >= 4 is 11.6 Å². The Kier molecular flexibility index (Phi) is 6.29. The molecule has 1 amide bonds. The van der Waals surface area contributed by atoms with Crippen molar-refractivity contribution in [1.82, 2.24) is 9.88 Å². The van der Waals surface area contributed by atoms with Gasteiger partial charge >= 0.3 is 0 Å². The second kappa shape index (κ2) is 8.86. The predicted octanol–water partition coefficient (Wildman–Crippen LogP) is 3.37. The first kappa shape index (κ1) is 19.2. The number of piperidine rings is 1. The van der Waals surface area contributed by atoms with Gasteiger partial charge in [0.05, 0.1) is 18.9 Å². The zero-order valence-electron chi connectivity index (χ0n) is 16.0. The maximum absolute atomic E-state index is 13.0. The second-order valence-electron chi connectivity index (χ2n) is 6.75. The van der Waals surface area contributed by atoms with Gasteiger partial charge in [-0.15, -0.1) is 0 Å². The lowest BCUT2D eigenvalue weighted by Gasteiger charge is -2.32. The molecule has 1 atom stereocenters. The maximum Gasteiger partial charge on any atom is 0.253 e. The summed E-state index contributed by atoms with van der Waals surface area (Å²) in [6.45, 7) is 4.23. The van der Waals surface area contributed by atoms with E-state index in [0.29, 0.717) is 29.2 Å². The Morgan fingerprint density at radius 1 is 1.37 bits per heavy atom. The lowest BCUT2D eigenvalue weighted by atomic mass is 10.0. The standard InChI is InChI=1S/C21H27N3O3/c1-3-12-27-17-8-5-11-24(14-17)21(25)16-7-4-6-15(13-16)19-20(26-2)18(22)9-10-23-19/h4,6-7,9-10,13,17H,3,5,8,11-12,14H2,1-2H3,(H2,22,23)/t17-/m0/s1. The number of hydrogen-bond donors (Lipinski definition) is 1.